The van der Waals surface area contributed by atoms with Crippen molar-refractivity contribution < 1.29 is 17.9 Å². The van der Waals surface area contributed by atoms with Gasteiger partial charge in [0.2, 0.25) is 0 Å². The molecule has 2 aromatic heterocycles. The lowest BCUT2D eigenvalue weighted by Gasteiger charge is -2.18. The van der Waals surface area contributed by atoms with Crippen LogP contribution in [-0.2, 0) is 10.0 Å². The highest BCUT2D eigenvalue weighted by atomic mass is 35.5. The van der Waals surface area contributed by atoms with Crippen LogP contribution >= 0.6 is 11.6 Å². The largest absolute Gasteiger partial charge is 0.444 e. The Bertz CT molecular complexity index is 1250. The Morgan fingerprint density at radius 2 is 1.73 bits per heavy atom. The average molecular weight is 442 g/mol. The molecule has 9 heteroatoms. The first-order valence-electron chi connectivity index (χ1n) is 8.83. The Hall–Kier alpha value is -3.20. The van der Waals surface area contributed by atoms with Crippen molar-refractivity contribution in [2.45, 2.75) is 11.0 Å². The second-order valence-electron chi connectivity index (χ2n) is 6.41. The Morgan fingerprint density at radius 3 is 2.40 bits per heavy atom. The molecule has 2 aromatic carbocycles. The van der Waals surface area contributed by atoms with E-state index in [0.717, 1.165) is 0 Å². The molecule has 1 unspecified atom stereocenters. The number of hydrogen-bond acceptors (Lipinski definition) is 6. The molecule has 0 aliphatic heterocycles. The third-order valence-corrected chi connectivity index (χ3v) is 6.07. The third-order valence-electron chi connectivity index (χ3n) is 4.46. The molecule has 0 bridgehead atoms. The van der Waals surface area contributed by atoms with E-state index in [1.807, 2.05) is 0 Å². The Labute approximate surface area is 178 Å². The fourth-order valence-electron chi connectivity index (χ4n) is 2.94. The van der Waals surface area contributed by atoms with Crippen molar-refractivity contribution in [1.82, 2.24) is 9.97 Å². The Kier molecular flexibility index (Phi) is 5.54. The summed E-state index contributed by atoms with van der Waals surface area (Å²) in [5.41, 5.74) is 1.81. The lowest BCUT2D eigenvalue weighted by atomic mass is 10.0. The van der Waals surface area contributed by atoms with Gasteiger partial charge in [0.15, 0.2) is 12.2 Å². The van der Waals surface area contributed by atoms with E-state index in [1.54, 1.807) is 48.9 Å². The van der Waals surface area contributed by atoms with Crippen molar-refractivity contribution in [2.24, 2.45) is 0 Å². The first kappa shape index (κ1) is 20.1. The molecule has 0 fully saturated rings. The minimum Gasteiger partial charge on any atom is -0.444 e. The maximum atomic E-state index is 12.9. The van der Waals surface area contributed by atoms with Gasteiger partial charge in [-0.05, 0) is 60.2 Å². The number of oxazole rings is 1. The minimum absolute atomic E-state index is 0.0602. The third kappa shape index (κ3) is 4.20. The normalized spacial score (nSPS) is 12.5. The molecular weight excluding hydrogens is 426 g/mol. The van der Waals surface area contributed by atoms with E-state index in [4.69, 9.17) is 16.0 Å². The van der Waals surface area contributed by atoms with Gasteiger partial charge >= 0.3 is 0 Å². The number of aliphatic hydroxyl groups is 1. The highest BCUT2D eigenvalue weighted by molar-refractivity contribution is 7.92. The summed E-state index contributed by atoms with van der Waals surface area (Å²) in [6, 6.07) is 14.1. The lowest BCUT2D eigenvalue weighted by Crippen LogP contribution is -2.15. The minimum atomic E-state index is -3.91. The van der Waals surface area contributed by atoms with Gasteiger partial charge in [-0.15, -0.1) is 0 Å². The molecule has 2 N–H and O–H groups in total. The van der Waals surface area contributed by atoms with E-state index in [0.29, 0.717) is 27.5 Å². The Balaban J connectivity index is 1.65. The fourth-order valence-corrected chi connectivity index (χ4v) is 4.21. The number of sulfonamides is 1. The first-order valence-corrected chi connectivity index (χ1v) is 10.7. The van der Waals surface area contributed by atoms with Crippen LogP contribution in [0.15, 0.2) is 88.9 Å². The van der Waals surface area contributed by atoms with E-state index in [1.165, 1.54) is 30.7 Å². The summed E-state index contributed by atoms with van der Waals surface area (Å²) < 4.78 is 33.6. The molecule has 1 atom stereocenters. The monoisotopic (exact) mass is 441 g/mol. The van der Waals surface area contributed by atoms with Gasteiger partial charge in [-0.25, -0.2) is 13.4 Å². The second kappa shape index (κ2) is 8.27. The van der Waals surface area contributed by atoms with Crippen LogP contribution < -0.4 is 4.72 Å². The highest BCUT2D eigenvalue weighted by Crippen LogP contribution is 2.32. The molecule has 0 spiro atoms. The first-order chi connectivity index (χ1) is 14.4. The maximum Gasteiger partial charge on any atom is 0.261 e. The van der Waals surface area contributed by atoms with Crippen LogP contribution in [0.3, 0.4) is 0 Å². The van der Waals surface area contributed by atoms with E-state index < -0.39 is 16.1 Å². The van der Waals surface area contributed by atoms with Crippen LogP contribution in [0.5, 0.6) is 0 Å². The summed E-state index contributed by atoms with van der Waals surface area (Å²) in [5.74, 6) is 0.535. The summed E-state index contributed by atoms with van der Waals surface area (Å²) in [7, 11) is -3.91. The van der Waals surface area contributed by atoms with Crippen LogP contribution in [0.1, 0.15) is 17.2 Å². The number of hydrogen-bond donors (Lipinski definition) is 2. The summed E-state index contributed by atoms with van der Waals surface area (Å²) in [6.45, 7) is 0. The molecule has 0 saturated carbocycles. The zero-order chi connectivity index (χ0) is 21.1. The molecule has 0 aliphatic carbocycles. The number of aromatic nitrogens is 2. The van der Waals surface area contributed by atoms with Crippen molar-refractivity contribution in [2.75, 3.05) is 4.72 Å². The van der Waals surface area contributed by atoms with Crippen molar-refractivity contribution >= 4 is 27.3 Å². The zero-order valence-corrected chi connectivity index (χ0v) is 17.0. The van der Waals surface area contributed by atoms with E-state index in [2.05, 4.69) is 14.7 Å². The van der Waals surface area contributed by atoms with Crippen LogP contribution in [0, 0.1) is 0 Å². The molecule has 0 amide bonds. The predicted octanol–water partition coefficient (Wildman–Crippen LogP) is 4.27. The molecule has 4 rings (SSSR count). The second-order valence-corrected chi connectivity index (χ2v) is 8.53. The van der Waals surface area contributed by atoms with Gasteiger partial charge in [0, 0.05) is 28.5 Å². The molecule has 0 saturated heterocycles. The lowest BCUT2D eigenvalue weighted by molar-refractivity contribution is 0.221. The topological polar surface area (TPSA) is 105 Å². The van der Waals surface area contributed by atoms with Crippen molar-refractivity contribution in [3.8, 4) is 11.3 Å². The van der Waals surface area contributed by atoms with Gasteiger partial charge < -0.3 is 9.52 Å². The molecule has 0 radical (unpaired) electrons. The molecule has 30 heavy (non-hydrogen) atoms. The van der Waals surface area contributed by atoms with Crippen LogP contribution in [0.2, 0.25) is 5.02 Å². The van der Waals surface area contributed by atoms with Crippen molar-refractivity contribution in [3.05, 3.63) is 95.7 Å². The fraction of sp³-hybridized carbons (Fsp3) is 0.0476. The van der Waals surface area contributed by atoms with Gasteiger partial charge in [-0.3, -0.25) is 9.71 Å². The predicted molar refractivity (Wildman–Crippen MR) is 112 cm³/mol. The zero-order valence-electron chi connectivity index (χ0n) is 15.4. The van der Waals surface area contributed by atoms with Crippen molar-refractivity contribution in [3.63, 3.8) is 0 Å². The van der Waals surface area contributed by atoms with Gasteiger partial charge in [0.1, 0.15) is 6.10 Å². The summed E-state index contributed by atoms with van der Waals surface area (Å²) in [6.07, 6.45) is 4.85. The van der Waals surface area contributed by atoms with Gasteiger partial charge in [0.05, 0.1) is 16.8 Å². The molecule has 4 aromatic rings. The van der Waals surface area contributed by atoms with E-state index >= 15 is 0 Å². The maximum absolute atomic E-state index is 12.9. The highest BCUT2D eigenvalue weighted by Gasteiger charge is 2.21. The van der Waals surface area contributed by atoms with E-state index in [9.17, 15) is 13.5 Å². The van der Waals surface area contributed by atoms with Crippen molar-refractivity contribution in [1.29, 1.82) is 0 Å². The number of halogens is 1. The number of anilines is 1. The number of pyridine rings is 1. The van der Waals surface area contributed by atoms with Crippen LogP contribution in [-0.4, -0.2) is 23.5 Å². The number of benzene rings is 2. The van der Waals surface area contributed by atoms with E-state index in [-0.39, 0.29) is 10.6 Å². The van der Waals surface area contributed by atoms with Crippen LogP contribution in [0.4, 0.5) is 5.69 Å². The molecule has 0 aliphatic rings. The van der Waals surface area contributed by atoms with Gasteiger partial charge in [0.25, 0.3) is 10.0 Å². The standard InChI is InChI=1S/C21H16ClN3O4S/c22-16-3-6-19(18(11-16)21(26)15-7-9-23-10-8-15)25-30(27,28)17-4-1-14(2-5-17)20-12-24-13-29-20/h1-13,21,25-26H. The molecular formula is C21H16ClN3O4S. The molecule has 2 heterocycles. The number of nitrogens with one attached hydrogen (secondary N) is 1. The quantitative estimate of drug-likeness (QED) is 0.463. The smallest absolute Gasteiger partial charge is 0.261 e. The van der Waals surface area contributed by atoms with Gasteiger partial charge in [-0.2, -0.15) is 0 Å². The van der Waals surface area contributed by atoms with Gasteiger partial charge in [-0.1, -0.05) is 11.6 Å². The number of rotatable bonds is 6. The summed E-state index contributed by atoms with van der Waals surface area (Å²) in [5, 5.41) is 11.1. The van der Waals surface area contributed by atoms with Crippen LogP contribution in [0.25, 0.3) is 11.3 Å². The SMILES string of the molecule is O=S(=O)(Nc1ccc(Cl)cc1C(O)c1ccncc1)c1ccc(-c2cnco2)cc1. The number of aliphatic hydroxyl groups excluding tert-OH is 1. The summed E-state index contributed by atoms with van der Waals surface area (Å²) in [4.78, 5) is 7.84. The summed E-state index contributed by atoms with van der Waals surface area (Å²) >= 11 is 6.09. The number of nitrogens with zero attached hydrogens (tertiary/aromatic N) is 2. The Morgan fingerprint density at radius 1 is 1.00 bits per heavy atom. The molecule has 152 valence electrons. The average Bonchev–Trinajstić information content (AvgIpc) is 3.30. The molecule has 7 nitrogen and oxygen atoms in total.